The van der Waals surface area contributed by atoms with Gasteiger partial charge in [-0.2, -0.15) is 0 Å². The molecule has 0 radical (unpaired) electrons. The van der Waals surface area contributed by atoms with Crippen molar-refractivity contribution < 1.29 is 14.3 Å². The van der Waals surface area contributed by atoms with Crippen LogP contribution in [0.4, 0.5) is 5.69 Å². The summed E-state index contributed by atoms with van der Waals surface area (Å²) in [4.78, 5) is 11.7. The molecule has 4 nitrogen and oxygen atoms in total. The lowest BCUT2D eigenvalue weighted by atomic mass is 10.3. The Morgan fingerprint density at radius 1 is 1.39 bits per heavy atom. The Labute approximate surface area is 116 Å². The molecule has 0 spiro atoms. The minimum absolute atomic E-state index is 0.0398. The summed E-state index contributed by atoms with van der Waals surface area (Å²) in [6.07, 6.45) is 0. The number of carboxylic acids is 1. The van der Waals surface area contributed by atoms with Gasteiger partial charge in [0.15, 0.2) is 0 Å². The fourth-order valence-electron chi connectivity index (χ4n) is 1.35. The highest BCUT2D eigenvalue weighted by Gasteiger charge is 2.09. The number of benzene rings is 1. The van der Waals surface area contributed by atoms with Crippen molar-refractivity contribution in [1.82, 2.24) is 0 Å². The van der Waals surface area contributed by atoms with Crippen LogP contribution in [0, 0.1) is 0 Å². The Morgan fingerprint density at radius 3 is 2.78 bits per heavy atom. The van der Waals surface area contributed by atoms with Crippen LogP contribution in [0.1, 0.15) is 16.3 Å². The van der Waals surface area contributed by atoms with E-state index in [1.165, 1.54) is 6.07 Å². The molecule has 2 rings (SSSR count). The topological polar surface area (TPSA) is 76.5 Å². The summed E-state index contributed by atoms with van der Waals surface area (Å²) in [6.45, 7) is 0. The number of carboxylic acid groups (broad SMARTS) is 1. The van der Waals surface area contributed by atoms with Gasteiger partial charge in [0.1, 0.15) is 5.76 Å². The van der Waals surface area contributed by atoms with E-state index in [-0.39, 0.29) is 5.76 Å². The predicted octanol–water partition coefficient (Wildman–Crippen LogP) is 3.61. The lowest BCUT2D eigenvalue weighted by Crippen LogP contribution is -1.91. The quantitative estimate of drug-likeness (QED) is 0.662. The molecule has 1 heterocycles. The van der Waals surface area contributed by atoms with Crippen molar-refractivity contribution in [3.8, 4) is 0 Å². The zero-order valence-electron chi connectivity index (χ0n) is 9.22. The first-order valence-corrected chi connectivity index (χ1v) is 6.84. The Hall–Kier alpha value is -1.40. The van der Waals surface area contributed by atoms with Gasteiger partial charge in [0.05, 0.1) is 5.75 Å². The van der Waals surface area contributed by atoms with Gasteiger partial charge in [-0.25, -0.2) is 4.79 Å². The van der Waals surface area contributed by atoms with Crippen LogP contribution in [-0.4, -0.2) is 11.1 Å². The third kappa shape index (κ3) is 3.08. The summed E-state index contributed by atoms with van der Waals surface area (Å²) < 4.78 is 6.08. The van der Waals surface area contributed by atoms with Crippen LogP contribution in [0.5, 0.6) is 0 Å². The van der Waals surface area contributed by atoms with E-state index in [4.69, 9.17) is 15.3 Å². The molecule has 0 aliphatic carbocycles. The molecule has 3 N–H and O–H groups in total. The van der Waals surface area contributed by atoms with Gasteiger partial charge in [-0.3, -0.25) is 0 Å². The number of nitrogens with two attached hydrogens (primary N) is 1. The summed E-state index contributed by atoms with van der Waals surface area (Å²) in [7, 11) is 0. The second-order valence-electron chi connectivity index (χ2n) is 3.55. The molecule has 0 amide bonds. The van der Waals surface area contributed by atoms with Crippen LogP contribution in [0.3, 0.4) is 0 Å². The number of hydrogen-bond acceptors (Lipinski definition) is 4. The first-order valence-electron chi connectivity index (χ1n) is 5.06. The summed E-state index contributed by atoms with van der Waals surface area (Å²) in [5.74, 6) is 0.0958. The van der Waals surface area contributed by atoms with Crippen molar-refractivity contribution in [2.75, 3.05) is 5.73 Å². The molecule has 18 heavy (non-hydrogen) atoms. The summed E-state index contributed by atoms with van der Waals surface area (Å²) in [5, 5.41) is 8.74. The summed E-state index contributed by atoms with van der Waals surface area (Å²) in [5.41, 5.74) is 6.34. The summed E-state index contributed by atoms with van der Waals surface area (Å²) in [6, 6.07) is 8.67. The molecule has 0 saturated carbocycles. The smallest absolute Gasteiger partial charge is 0.371 e. The standard InChI is InChI=1S/C12H10BrNO3S/c13-9-5-7(14)1-4-11(9)18-6-8-2-3-10(17-8)12(15)16/h1-5H,6,14H2,(H,15,16). The Morgan fingerprint density at radius 2 is 2.17 bits per heavy atom. The molecule has 0 atom stereocenters. The number of furan rings is 1. The number of nitrogen functional groups attached to an aromatic ring is 1. The summed E-state index contributed by atoms with van der Waals surface area (Å²) >= 11 is 4.97. The van der Waals surface area contributed by atoms with Gasteiger partial charge >= 0.3 is 5.97 Å². The van der Waals surface area contributed by atoms with Crippen LogP contribution in [0.15, 0.2) is 44.1 Å². The van der Waals surface area contributed by atoms with E-state index in [0.29, 0.717) is 17.2 Å². The Bertz CT molecular complexity index is 582. The first kappa shape index (κ1) is 13.0. The first-order chi connectivity index (χ1) is 8.56. The molecule has 0 aliphatic rings. The van der Waals surface area contributed by atoms with Crippen molar-refractivity contribution in [2.45, 2.75) is 10.6 Å². The van der Waals surface area contributed by atoms with Gasteiger partial charge in [-0.05, 0) is 46.3 Å². The van der Waals surface area contributed by atoms with E-state index in [1.54, 1.807) is 17.8 Å². The number of thioether (sulfide) groups is 1. The maximum Gasteiger partial charge on any atom is 0.371 e. The number of halogens is 1. The van der Waals surface area contributed by atoms with E-state index in [2.05, 4.69) is 15.9 Å². The van der Waals surface area contributed by atoms with Crippen molar-refractivity contribution in [3.05, 3.63) is 46.3 Å². The minimum atomic E-state index is -1.06. The Kier molecular flexibility index (Phi) is 3.98. The van der Waals surface area contributed by atoms with E-state index in [0.717, 1.165) is 9.37 Å². The number of anilines is 1. The highest BCUT2D eigenvalue weighted by atomic mass is 79.9. The third-order valence-electron chi connectivity index (χ3n) is 2.20. The molecule has 1 aromatic carbocycles. The van der Waals surface area contributed by atoms with E-state index in [9.17, 15) is 4.79 Å². The second kappa shape index (κ2) is 5.49. The van der Waals surface area contributed by atoms with E-state index < -0.39 is 5.97 Å². The zero-order chi connectivity index (χ0) is 13.1. The van der Waals surface area contributed by atoms with E-state index >= 15 is 0 Å². The number of hydrogen-bond donors (Lipinski definition) is 2. The highest BCUT2D eigenvalue weighted by molar-refractivity contribution is 9.10. The highest BCUT2D eigenvalue weighted by Crippen LogP contribution is 2.31. The Balaban J connectivity index is 2.04. The zero-order valence-corrected chi connectivity index (χ0v) is 11.6. The average Bonchev–Trinajstić information content (AvgIpc) is 2.76. The third-order valence-corrected chi connectivity index (χ3v) is 4.21. The molecular weight excluding hydrogens is 318 g/mol. The fraction of sp³-hybridized carbons (Fsp3) is 0.0833. The monoisotopic (exact) mass is 327 g/mol. The van der Waals surface area contributed by atoms with Gasteiger partial charge in [-0.15, -0.1) is 11.8 Å². The van der Waals surface area contributed by atoms with Crippen LogP contribution in [0.2, 0.25) is 0 Å². The lowest BCUT2D eigenvalue weighted by molar-refractivity contribution is 0.0661. The molecule has 0 bridgehead atoms. The van der Waals surface area contributed by atoms with Gasteiger partial charge in [0.25, 0.3) is 0 Å². The SMILES string of the molecule is Nc1ccc(SCc2ccc(C(=O)O)o2)c(Br)c1. The van der Waals surface area contributed by atoms with Crippen LogP contribution < -0.4 is 5.73 Å². The van der Waals surface area contributed by atoms with E-state index in [1.807, 2.05) is 18.2 Å². The van der Waals surface area contributed by atoms with Gasteiger partial charge in [-0.1, -0.05) is 0 Å². The molecule has 0 saturated heterocycles. The van der Waals surface area contributed by atoms with Gasteiger partial charge in [0.2, 0.25) is 5.76 Å². The van der Waals surface area contributed by atoms with Crippen LogP contribution >= 0.6 is 27.7 Å². The van der Waals surface area contributed by atoms with Gasteiger partial charge < -0.3 is 15.3 Å². The number of rotatable bonds is 4. The van der Waals surface area contributed by atoms with Crippen molar-refractivity contribution in [3.63, 3.8) is 0 Å². The molecule has 0 aliphatic heterocycles. The maximum atomic E-state index is 10.7. The molecule has 2 aromatic rings. The molecule has 94 valence electrons. The second-order valence-corrected chi connectivity index (χ2v) is 5.42. The fourth-order valence-corrected chi connectivity index (χ4v) is 2.91. The molecule has 0 fully saturated rings. The number of aromatic carboxylic acids is 1. The lowest BCUT2D eigenvalue weighted by Gasteiger charge is -2.03. The normalized spacial score (nSPS) is 10.5. The average molecular weight is 328 g/mol. The largest absolute Gasteiger partial charge is 0.475 e. The molecular formula is C12H10BrNO3S. The molecule has 0 unspecified atom stereocenters. The van der Waals surface area contributed by atoms with Crippen molar-refractivity contribution in [1.29, 1.82) is 0 Å². The predicted molar refractivity (Wildman–Crippen MR) is 73.8 cm³/mol. The van der Waals surface area contributed by atoms with Crippen LogP contribution in [-0.2, 0) is 5.75 Å². The molecule has 6 heteroatoms. The van der Waals surface area contributed by atoms with Crippen molar-refractivity contribution in [2.24, 2.45) is 0 Å². The van der Waals surface area contributed by atoms with Gasteiger partial charge in [0, 0.05) is 15.1 Å². The number of carbonyl (C=O) groups is 1. The molecule has 1 aromatic heterocycles. The minimum Gasteiger partial charge on any atom is -0.475 e. The maximum absolute atomic E-state index is 10.7. The van der Waals surface area contributed by atoms with Crippen molar-refractivity contribution >= 4 is 39.3 Å². The van der Waals surface area contributed by atoms with Crippen LogP contribution in [0.25, 0.3) is 0 Å².